The van der Waals surface area contributed by atoms with Crippen LogP contribution in [-0.4, -0.2) is 44.0 Å². The monoisotopic (exact) mass is 303 g/mol. The van der Waals surface area contributed by atoms with E-state index in [1.165, 1.54) is 12.8 Å². The number of aryl methyl sites for hydroxylation is 2. The van der Waals surface area contributed by atoms with E-state index in [0.29, 0.717) is 17.5 Å². The maximum Gasteiger partial charge on any atom is 0.244 e. The zero-order chi connectivity index (χ0) is 15.7. The maximum atomic E-state index is 12.3. The molecule has 0 bridgehead atoms. The molecular weight excluding hydrogens is 282 g/mol. The molecule has 7 nitrogen and oxygen atoms in total. The molecule has 1 saturated carbocycles. The van der Waals surface area contributed by atoms with Gasteiger partial charge in [0.1, 0.15) is 18.0 Å². The van der Waals surface area contributed by atoms with E-state index < -0.39 is 0 Å². The molecule has 1 amide bonds. The summed E-state index contributed by atoms with van der Waals surface area (Å²) in [5, 5.41) is 12.1. The first kappa shape index (κ1) is 14.7. The summed E-state index contributed by atoms with van der Waals surface area (Å²) in [4.78, 5) is 14.2. The molecule has 1 aliphatic carbocycles. The summed E-state index contributed by atoms with van der Waals surface area (Å²) in [6.45, 7) is 3.92. The third-order valence-corrected chi connectivity index (χ3v) is 4.39. The molecule has 0 spiro atoms. The minimum absolute atomic E-state index is 0.0714. The number of rotatable bonds is 4. The van der Waals surface area contributed by atoms with Crippen molar-refractivity contribution in [1.29, 1.82) is 0 Å². The highest BCUT2D eigenvalue weighted by Crippen LogP contribution is 2.25. The molecule has 3 rings (SSSR count). The number of likely N-dealkylation sites (N-methyl/N-ethyl adjacent to an activating group) is 1. The van der Waals surface area contributed by atoms with Gasteiger partial charge in [0.05, 0.1) is 17.5 Å². The van der Waals surface area contributed by atoms with E-state index in [9.17, 15) is 4.79 Å². The molecule has 0 unspecified atom stereocenters. The standard InChI is InChI=1S/C15H21N5O2/c1-10-15(11(2)22-17-10)13-8-20(18-16-13)9-14(21)19(3)12-6-4-5-7-12/h8,12H,4-7,9H2,1-3H3. The molecule has 1 aliphatic rings. The molecule has 0 N–H and O–H groups in total. The van der Waals surface area contributed by atoms with Crippen LogP contribution in [0.5, 0.6) is 0 Å². The van der Waals surface area contributed by atoms with Crippen LogP contribution in [-0.2, 0) is 11.3 Å². The number of amides is 1. The van der Waals surface area contributed by atoms with Crippen LogP contribution in [0.1, 0.15) is 37.1 Å². The van der Waals surface area contributed by atoms with Crippen LogP contribution < -0.4 is 0 Å². The molecule has 2 aromatic heterocycles. The first-order valence-corrected chi connectivity index (χ1v) is 7.65. The Morgan fingerprint density at radius 2 is 2.14 bits per heavy atom. The third kappa shape index (κ3) is 2.75. The van der Waals surface area contributed by atoms with E-state index in [4.69, 9.17) is 4.52 Å². The number of carbonyl (C=O) groups is 1. The second-order valence-electron chi connectivity index (χ2n) is 5.94. The van der Waals surface area contributed by atoms with Crippen LogP contribution in [0.15, 0.2) is 10.7 Å². The molecule has 22 heavy (non-hydrogen) atoms. The van der Waals surface area contributed by atoms with Crippen LogP contribution in [0.2, 0.25) is 0 Å². The summed E-state index contributed by atoms with van der Waals surface area (Å²) in [7, 11) is 1.88. The van der Waals surface area contributed by atoms with Crippen molar-refractivity contribution in [1.82, 2.24) is 25.1 Å². The van der Waals surface area contributed by atoms with Crippen molar-refractivity contribution in [2.24, 2.45) is 0 Å². The van der Waals surface area contributed by atoms with Crippen molar-refractivity contribution in [3.05, 3.63) is 17.7 Å². The number of hydrogen-bond donors (Lipinski definition) is 0. The number of aromatic nitrogens is 4. The first-order valence-electron chi connectivity index (χ1n) is 7.65. The Morgan fingerprint density at radius 3 is 2.77 bits per heavy atom. The molecule has 2 heterocycles. The van der Waals surface area contributed by atoms with Gasteiger partial charge in [-0.3, -0.25) is 4.79 Å². The van der Waals surface area contributed by atoms with Gasteiger partial charge in [0.15, 0.2) is 0 Å². The Kier molecular flexibility index (Phi) is 3.96. The molecule has 118 valence electrons. The Hall–Kier alpha value is -2.18. The van der Waals surface area contributed by atoms with E-state index in [2.05, 4.69) is 15.5 Å². The van der Waals surface area contributed by atoms with Crippen LogP contribution in [0.4, 0.5) is 0 Å². The predicted molar refractivity (Wildman–Crippen MR) is 80.0 cm³/mol. The van der Waals surface area contributed by atoms with Crippen LogP contribution in [0, 0.1) is 13.8 Å². The maximum absolute atomic E-state index is 12.3. The van der Waals surface area contributed by atoms with E-state index in [0.717, 1.165) is 24.1 Å². The van der Waals surface area contributed by atoms with Gasteiger partial charge in [-0.1, -0.05) is 23.2 Å². The minimum atomic E-state index is 0.0714. The highest BCUT2D eigenvalue weighted by Gasteiger charge is 2.24. The molecular formula is C15H21N5O2. The zero-order valence-electron chi connectivity index (χ0n) is 13.2. The SMILES string of the molecule is Cc1noc(C)c1-c1cn(CC(=O)N(C)C2CCCC2)nn1. The summed E-state index contributed by atoms with van der Waals surface area (Å²) >= 11 is 0. The first-order chi connectivity index (χ1) is 10.6. The lowest BCUT2D eigenvalue weighted by atomic mass is 10.1. The van der Waals surface area contributed by atoms with Gasteiger partial charge in [0.2, 0.25) is 5.91 Å². The van der Waals surface area contributed by atoms with Gasteiger partial charge < -0.3 is 9.42 Å². The molecule has 0 saturated heterocycles. The highest BCUT2D eigenvalue weighted by molar-refractivity contribution is 5.76. The Labute approximate surface area is 129 Å². The van der Waals surface area contributed by atoms with Gasteiger partial charge in [-0.05, 0) is 26.7 Å². The number of hydrogen-bond acceptors (Lipinski definition) is 5. The predicted octanol–water partition coefficient (Wildman–Crippen LogP) is 1.95. The van der Waals surface area contributed by atoms with E-state index in [1.807, 2.05) is 25.8 Å². The van der Waals surface area contributed by atoms with Gasteiger partial charge in [-0.2, -0.15) is 0 Å². The van der Waals surface area contributed by atoms with Gasteiger partial charge in [-0.25, -0.2) is 4.68 Å². The fourth-order valence-electron chi connectivity index (χ4n) is 3.08. The molecule has 7 heteroatoms. The molecule has 0 radical (unpaired) electrons. The lowest BCUT2D eigenvalue weighted by molar-refractivity contribution is -0.132. The van der Waals surface area contributed by atoms with Gasteiger partial charge >= 0.3 is 0 Å². The topological polar surface area (TPSA) is 77.0 Å². The molecule has 0 aromatic carbocycles. The average molecular weight is 303 g/mol. The molecule has 0 atom stereocenters. The van der Waals surface area contributed by atoms with Gasteiger partial charge in [-0.15, -0.1) is 5.10 Å². The highest BCUT2D eigenvalue weighted by atomic mass is 16.5. The largest absolute Gasteiger partial charge is 0.361 e. The average Bonchev–Trinajstić information content (AvgIpc) is 3.20. The van der Waals surface area contributed by atoms with Crippen molar-refractivity contribution < 1.29 is 9.32 Å². The Morgan fingerprint density at radius 1 is 1.41 bits per heavy atom. The fraction of sp³-hybridized carbons (Fsp3) is 0.600. The molecule has 0 aliphatic heterocycles. The number of carbonyl (C=O) groups excluding carboxylic acids is 1. The smallest absolute Gasteiger partial charge is 0.244 e. The molecule has 1 fully saturated rings. The van der Waals surface area contributed by atoms with E-state index in [-0.39, 0.29) is 12.5 Å². The fourth-order valence-corrected chi connectivity index (χ4v) is 3.08. The summed E-state index contributed by atoms with van der Waals surface area (Å²) in [5.41, 5.74) is 2.31. The molecule has 2 aromatic rings. The summed E-state index contributed by atoms with van der Waals surface area (Å²) < 4.78 is 6.72. The van der Waals surface area contributed by atoms with Crippen molar-refractivity contribution >= 4 is 5.91 Å². The van der Waals surface area contributed by atoms with Crippen LogP contribution >= 0.6 is 0 Å². The van der Waals surface area contributed by atoms with Crippen LogP contribution in [0.3, 0.4) is 0 Å². The second kappa shape index (κ2) is 5.90. The summed E-state index contributed by atoms with van der Waals surface area (Å²) in [6.07, 6.45) is 6.39. The number of nitrogens with zero attached hydrogens (tertiary/aromatic N) is 5. The zero-order valence-corrected chi connectivity index (χ0v) is 13.2. The van der Waals surface area contributed by atoms with E-state index >= 15 is 0 Å². The second-order valence-corrected chi connectivity index (χ2v) is 5.94. The van der Waals surface area contributed by atoms with Gasteiger partial charge in [0, 0.05) is 13.1 Å². The Balaban J connectivity index is 1.70. The lowest BCUT2D eigenvalue weighted by Crippen LogP contribution is -2.37. The van der Waals surface area contributed by atoms with E-state index in [1.54, 1.807) is 10.9 Å². The van der Waals surface area contributed by atoms with Gasteiger partial charge in [0.25, 0.3) is 0 Å². The lowest BCUT2D eigenvalue weighted by Gasteiger charge is -2.24. The summed E-state index contributed by atoms with van der Waals surface area (Å²) in [5.74, 6) is 0.779. The Bertz CT molecular complexity index is 650. The van der Waals surface area contributed by atoms with Crippen LogP contribution in [0.25, 0.3) is 11.3 Å². The van der Waals surface area contributed by atoms with Crippen molar-refractivity contribution in [2.75, 3.05) is 7.05 Å². The van der Waals surface area contributed by atoms with Crippen molar-refractivity contribution in [2.45, 2.75) is 52.1 Å². The quantitative estimate of drug-likeness (QED) is 0.862. The van der Waals surface area contributed by atoms with Crippen molar-refractivity contribution in [3.8, 4) is 11.3 Å². The summed E-state index contributed by atoms with van der Waals surface area (Å²) in [6, 6.07) is 0.373. The minimum Gasteiger partial charge on any atom is -0.361 e. The third-order valence-electron chi connectivity index (χ3n) is 4.39. The normalized spacial score (nSPS) is 15.4. The van der Waals surface area contributed by atoms with Crippen molar-refractivity contribution in [3.63, 3.8) is 0 Å².